The number of nitrogens with one attached hydrogen (secondary N) is 2. The largest absolute Gasteiger partial charge is 0.473 e. The van der Waals surface area contributed by atoms with E-state index in [0.29, 0.717) is 10.8 Å². The molecule has 0 aliphatic carbocycles. The van der Waals surface area contributed by atoms with Crippen LogP contribution in [-0.2, 0) is 0 Å². The number of aryl methyl sites for hydroxylation is 2. The van der Waals surface area contributed by atoms with Gasteiger partial charge in [-0.2, -0.15) is 0 Å². The fourth-order valence-corrected chi connectivity index (χ4v) is 2.06. The molecule has 0 bridgehead atoms. The van der Waals surface area contributed by atoms with Crippen LogP contribution in [0.4, 0.5) is 10.5 Å². The molecular weight excluding hydrogens is 288 g/mol. The van der Waals surface area contributed by atoms with Gasteiger partial charge in [-0.25, -0.2) is 4.79 Å². The molecule has 0 spiro atoms. The Morgan fingerprint density at radius 1 is 1.10 bits per heavy atom. The summed E-state index contributed by atoms with van der Waals surface area (Å²) in [6, 6.07) is 12.5. The highest BCUT2D eigenvalue weighted by atomic mass is 35.5. The van der Waals surface area contributed by atoms with Gasteiger partial charge in [-0.05, 0) is 61.4 Å². The van der Waals surface area contributed by atoms with E-state index in [1.165, 1.54) is 0 Å². The van der Waals surface area contributed by atoms with Gasteiger partial charge >= 0.3 is 6.03 Å². The zero-order valence-electron chi connectivity index (χ0n) is 11.9. The summed E-state index contributed by atoms with van der Waals surface area (Å²) in [4.78, 5) is 11.8. The standard InChI is InChI=1S/C16H17ClN2O2/c1-11-7-12(2)9-14(8-11)19-16(20)18-10-21-15-5-3-13(17)4-6-15/h3-9H,10H2,1-2H3,(H2,18,19,20). The number of urea groups is 1. The van der Waals surface area contributed by atoms with Crippen LogP contribution < -0.4 is 15.4 Å². The van der Waals surface area contributed by atoms with Gasteiger partial charge in [-0.15, -0.1) is 0 Å². The predicted octanol–water partition coefficient (Wildman–Crippen LogP) is 4.11. The SMILES string of the molecule is Cc1cc(C)cc(NC(=O)NCOc2ccc(Cl)cc2)c1. The average molecular weight is 305 g/mol. The molecule has 5 heteroatoms. The molecule has 0 aromatic heterocycles. The highest BCUT2D eigenvalue weighted by Gasteiger charge is 2.02. The number of hydrogen-bond acceptors (Lipinski definition) is 2. The van der Waals surface area contributed by atoms with Crippen molar-refractivity contribution in [2.24, 2.45) is 0 Å². The van der Waals surface area contributed by atoms with Crippen LogP contribution in [0.3, 0.4) is 0 Å². The van der Waals surface area contributed by atoms with Crippen molar-refractivity contribution in [3.63, 3.8) is 0 Å². The fraction of sp³-hybridized carbons (Fsp3) is 0.188. The van der Waals surface area contributed by atoms with E-state index in [0.717, 1.165) is 16.8 Å². The number of rotatable bonds is 4. The van der Waals surface area contributed by atoms with Crippen molar-refractivity contribution in [2.45, 2.75) is 13.8 Å². The summed E-state index contributed by atoms with van der Waals surface area (Å²) >= 11 is 5.78. The number of anilines is 1. The summed E-state index contributed by atoms with van der Waals surface area (Å²) in [6.07, 6.45) is 0. The second-order valence-corrected chi connectivity index (χ2v) is 5.19. The lowest BCUT2D eigenvalue weighted by atomic mass is 10.1. The topological polar surface area (TPSA) is 50.4 Å². The highest BCUT2D eigenvalue weighted by Crippen LogP contribution is 2.15. The first kappa shape index (κ1) is 15.2. The summed E-state index contributed by atoms with van der Waals surface area (Å²) in [5, 5.41) is 6.04. The van der Waals surface area contributed by atoms with E-state index in [1.807, 2.05) is 32.0 Å². The Hall–Kier alpha value is -2.20. The quantitative estimate of drug-likeness (QED) is 0.835. The lowest BCUT2D eigenvalue weighted by Gasteiger charge is -2.10. The van der Waals surface area contributed by atoms with Crippen molar-refractivity contribution < 1.29 is 9.53 Å². The molecule has 21 heavy (non-hydrogen) atoms. The maximum Gasteiger partial charge on any atom is 0.321 e. The zero-order valence-corrected chi connectivity index (χ0v) is 12.7. The fourth-order valence-electron chi connectivity index (χ4n) is 1.94. The molecule has 0 saturated heterocycles. The maximum atomic E-state index is 11.8. The molecule has 0 aliphatic heterocycles. The highest BCUT2D eigenvalue weighted by molar-refractivity contribution is 6.30. The smallest absolute Gasteiger partial charge is 0.321 e. The molecule has 2 N–H and O–H groups in total. The Morgan fingerprint density at radius 2 is 1.71 bits per heavy atom. The van der Waals surface area contributed by atoms with Crippen molar-refractivity contribution in [3.8, 4) is 5.75 Å². The first-order chi connectivity index (χ1) is 10.0. The molecular formula is C16H17ClN2O2. The Morgan fingerprint density at radius 3 is 2.33 bits per heavy atom. The number of ether oxygens (including phenoxy) is 1. The van der Waals surface area contributed by atoms with Crippen molar-refractivity contribution >= 4 is 23.3 Å². The van der Waals surface area contributed by atoms with Crippen LogP contribution in [0.15, 0.2) is 42.5 Å². The van der Waals surface area contributed by atoms with Crippen LogP contribution in [0.5, 0.6) is 5.75 Å². The number of carbonyl (C=O) groups excluding carboxylic acids is 1. The number of halogens is 1. The van der Waals surface area contributed by atoms with Crippen LogP contribution >= 0.6 is 11.6 Å². The van der Waals surface area contributed by atoms with Gasteiger partial charge in [0, 0.05) is 10.7 Å². The molecule has 4 nitrogen and oxygen atoms in total. The van der Waals surface area contributed by atoms with Crippen LogP contribution in [0.2, 0.25) is 5.02 Å². The van der Waals surface area contributed by atoms with Crippen LogP contribution in [-0.4, -0.2) is 12.8 Å². The molecule has 0 atom stereocenters. The third-order valence-electron chi connectivity index (χ3n) is 2.76. The number of hydrogen-bond donors (Lipinski definition) is 2. The summed E-state index contributed by atoms with van der Waals surface area (Å²) in [5.74, 6) is 0.645. The van der Waals surface area contributed by atoms with Crippen molar-refractivity contribution in [3.05, 3.63) is 58.6 Å². The first-order valence-electron chi connectivity index (χ1n) is 6.54. The maximum absolute atomic E-state index is 11.8. The second-order valence-electron chi connectivity index (χ2n) is 4.75. The Kier molecular flexibility index (Phi) is 5.06. The van der Waals surface area contributed by atoms with E-state index in [4.69, 9.17) is 16.3 Å². The van der Waals surface area contributed by atoms with Crippen molar-refractivity contribution in [1.29, 1.82) is 0 Å². The number of amides is 2. The van der Waals surface area contributed by atoms with Gasteiger partial charge in [0.15, 0.2) is 6.73 Å². The minimum absolute atomic E-state index is 0.0816. The van der Waals surface area contributed by atoms with Crippen LogP contribution in [0.1, 0.15) is 11.1 Å². The second kappa shape index (κ2) is 6.99. The molecule has 2 rings (SSSR count). The van der Waals surface area contributed by atoms with Crippen molar-refractivity contribution in [2.75, 3.05) is 12.0 Å². The van der Waals surface area contributed by atoms with Crippen LogP contribution in [0, 0.1) is 13.8 Å². The van der Waals surface area contributed by atoms with E-state index in [9.17, 15) is 4.79 Å². The number of benzene rings is 2. The molecule has 0 fully saturated rings. The molecule has 2 aromatic rings. The lowest BCUT2D eigenvalue weighted by molar-refractivity contribution is 0.234. The molecule has 2 aromatic carbocycles. The normalized spacial score (nSPS) is 10.0. The van der Waals surface area contributed by atoms with Gasteiger partial charge in [0.1, 0.15) is 5.75 Å². The van der Waals surface area contributed by atoms with Gasteiger partial charge in [-0.3, -0.25) is 0 Å². The first-order valence-corrected chi connectivity index (χ1v) is 6.92. The average Bonchev–Trinajstić information content (AvgIpc) is 2.39. The van der Waals surface area contributed by atoms with Gasteiger partial charge in [-0.1, -0.05) is 17.7 Å². The molecule has 0 unspecified atom stereocenters. The molecule has 0 saturated carbocycles. The van der Waals surface area contributed by atoms with E-state index < -0.39 is 0 Å². The molecule has 0 radical (unpaired) electrons. The third kappa shape index (κ3) is 5.00. The molecule has 0 heterocycles. The molecule has 110 valence electrons. The van der Waals surface area contributed by atoms with E-state index in [1.54, 1.807) is 24.3 Å². The van der Waals surface area contributed by atoms with Crippen molar-refractivity contribution in [1.82, 2.24) is 5.32 Å². The predicted molar refractivity (Wildman–Crippen MR) is 85.0 cm³/mol. The van der Waals surface area contributed by atoms with Crippen LogP contribution in [0.25, 0.3) is 0 Å². The molecule has 0 aliphatic rings. The summed E-state index contributed by atoms with van der Waals surface area (Å²) in [7, 11) is 0. The van der Waals surface area contributed by atoms with E-state index >= 15 is 0 Å². The zero-order chi connectivity index (χ0) is 15.2. The van der Waals surface area contributed by atoms with E-state index in [2.05, 4.69) is 10.6 Å². The van der Waals surface area contributed by atoms with Gasteiger partial charge in [0.05, 0.1) is 0 Å². The Bertz CT molecular complexity index is 606. The van der Waals surface area contributed by atoms with Gasteiger partial charge in [0.25, 0.3) is 0 Å². The lowest BCUT2D eigenvalue weighted by Crippen LogP contribution is -2.32. The minimum Gasteiger partial charge on any atom is -0.473 e. The third-order valence-corrected chi connectivity index (χ3v) is 3.02. The van der Waals surface area contributed by atoms with Gasteiger partial charge in [0.2, 0.25) is 0 Å². The Labute approximate surface area is 129 Å². The number of carbonyl (C=O) groups is 1. The summed E-state index contributed by atoms with van der Waals surface area (Å²) in [6.45, 7) is 4.05. The monoisotopic (exact) mass is 304 g/mol. The summed E-state index contributed by atoms with van der Waals surface area (Å²) in [5.41, 5.74) is 2.96. The Balaban J connectivity index is 1.80. The molecule has 2 amide bonds. The summed E-state index contributed by atoms with van der Waals surface area (Å²) < 4.78 is 5.39. The van der Waals surface area contributed by atoms with E-state index in [-0.39, 0.29) is 12.8 Å². The minimum atomic E-state index is -0.311. The van der Waals surface area contributed by atoms with Gasteiger partial charge < -0.3 is 15.4 Å².